The topological polar surface area (TPSA) is 71.0 Å². The Morgan fingerprint density at radius 3 is 2.85 bits per heavy atom. The van der Waals surface area contributed by atoms with Gasteiger partial charge in [0, 0.05) is 17.7 Å². The Hall–Kier alpha value is -1.13. The molecule has 1 aromatic heterocycles. The van der Waals surface area contributed by atoms with Gasteiger partial charge in [-0.1, -0.05) is 11.6 Å². The SMILES string of the molecule is N=C(CO)Cc1cc(Cl)c[n+]([O-])c1. The maximum atomic E-state index is 10.9. The Morgan fingerprint density at radius 1 is 1.62 bits per heavy atom. The lowest BCUT2D eigenvalue weighted by Gasteiger charge is -2.01. The molecule has 1 rings (SSSR count). The van der Waals surface area contributed by atoms with E-state index in [1.54, 1.807) is 6.07 Å². The van der Waals surface area contributed by atoms with Crippen molar-refractivity contribution in [2.75, 3.05) is 6.61 Å². The molecule has 0 aliphatic rings. The number of hydrogen-bond acceptors (Lipinski definition) is 3. The van der Waals surface area contributed by atoms with Crippen LogP contribution in [0, 0.1) is 10.6 Å². The average Bonchev–Trinajstić information content (AvgIpc) is 2.02. The molecule has 0 spiro atoms. The molecule has 0 radical (unpaired) electrons. The van der Waals surface area contributed by atoms with Crippen molar-refractivity contribution in [1.29, 1.82) is 5.41 Å². The number of hydrogen-bond donors (Lipinski definition) is 2. The fourth-order valence-electron chi connectivity index (χ4n) is 0.973. The van der Waals surface area contributed by atoms with Gasteiger partial charge in [-0.15, -0.1) is 0 Å². The lowest BCUT2D eigenvalue weighted by Crippen LogP contribution is -2.26. The highest BCUT2D eigenvalue weighted by atomic mass is 35.5. The smallest absolute Gasteiger partial charge is 0.199 e. The molecule has 0 atom stereocenters. The highest BCUT2D eigenvalue weighted by Crippen LogP contribution is 2.07. The van der Waals surface area contributed by atoms with Crippen molar-refractivity contribution in [3.63, 3.8) is 0 Å². The standard InChI is InChI=1S/C8H9ClN2O2/c9-7-1-6(2-8(10)5-12)3-11(13)4-7/h1,3-4,10,12H,2,5H2. The van der Waals surface area contributed by atoms with Gasteiger partial charge in [0.15, 0.2) is 12.4 Å². The average molecular weight is 201 g/mol. The van der Waals surface area contributed by atoms with E-state index in [9.17, 15) is 5.21 Å². The summed E-state index contributed by atoms with van der Waals surface area (Å²) in [5, 5.41) is 27.0. The van der Waals surface area contributed by atoms with Gasteiger partial charge < -0.3 is 15.7 Å². The number of nitrogens with zero attached hydrogens (tertiary/aromatic N) is 1. The summed E-state index contributed by atoms with van der Waals surface area (Å²) < 4.78 is 0.586. The number of pyridine rings is 1. The number of aromatic nitrogens is 1. The fraction of sp³-hybridized carbons (Fsp3) is 0.250. The zero-order valence-corrected chi connectivity index (χ0v) is 7.58. The molecule has 0 unspecified atom stereocenters. The van der Waals surface area contributed by atoms with E-state index in [2.05, 4.69) is 0 Å². The molecule has 1 heterocycles. The molecule has 0 aromatic carbocycles. The van der Waals surface area contributed by atoms with E-state index in [4.69, 9.17) is 22.1 Å². The van der Waals surface area contributed by atoms with Gasteiger partial charge in [-0.2, -0.15) is 4.73 Å². The van der Waals surface area contributed by atoms with Crippen LogP contribution in [0.2, 0.25) is 5.02 Å². The normalized spacial score (nSPS) is 10.0. The van der Waals surface area contributed by atoms with Crippen LogP contribution >= 0.6 is 11.6 Å². The summed E-state index contributed by atoms with van der Waals surface area (Å²) in [6, 6.07) is 1.60. The maximum Gasteiger partial charge on any atom is 0.199 e. The maximum absolute atomic E-state index is 10.9. The minimum absolute atomic E-state index is 0.155. The lowest BCUT2D eigenvalue weighted by molar-refractivity contribution is -0.605. The molecule has 1 aromatic rings. The summed E-state index contributed by atoms with van der Waals surface area (Å²) >= 11 is 5.62. The van der Waals surface area contributed by atoms with Crippen LogP contribution < -0.4 is 4.73 Å². The molecule has 2 N–H and O–H groups in total. The summed E-state index contributed by atoms with van der Waals surface area (Å²) in [7, 11) is 0. The number of nitrogens with one attached hydrogen (secondary N) is 1. The van der Waals surface area contributed by atoms with Gasteiger partial charge in [-0.05, 0) is 6.07 Å². The van der Waals surface area contributed by atoms with E-state index in [0.717, 1.165) is 0 Å². The van der Waals surface area contributed by atoms with E-state index in [1.165, 1.54) is 12.4 Å². The molecule has 0 aliphatic carbocycles. The first-order valence-corrected chi connectivity index (χ1v) is 4.05. The van der Waals surface area contributed by atoms with Crippen molar-refractivity contribution in [2.45, 2.75) is 6.42 Å². The minimum atomic E-state index is -0.300. The van der Waals surface area contributed by atoms with Gasteiger partial charge in [0.05, 0.1) is 6.61 Å². The van der Waals surface area contributed by atoms with Crippen LogP contribution in [0.4, 0.5) is 0 Å². The summed E-state index contributed by atoms with van der Waals surface area (Å²) in [5.41, 5.74) is 0.781. The molecule has 0 saturated carbocycles. The molecule has 5 heteroatoms. The number of halogens is 1. The zero-order chi connectivity index (χ0) is 9.84. The predicted molar refractivity (Wildman–Crippen MR) is 48.9 cm³/mol. The molecule has 0 saturated heterocycles. The van der Waals surface area contributed by atoms with E-state index >= 15 is 0 Å². The lowest BCUT2D eigenvalue weighted by atomic mass is 10.1. The van der Waals surface area contributed by atoms with Crippen LogP contribution in [-0.4, -0.2) is 17.4 Å². The van der Waals surface area contributed by atoms with Crippen LogP contribution in [0.25, 0.3) is 0 Å². The summed E-state index contributed by atoms with van der Waals surface area (Å²) in [6.07, 6.45) is 2.81. The number of rotatable bonds is 3. The third-order valence-corrected chi connectivity index (χ3v) is 1.68. The fourth-order valence-corrected chi connectivity index (χ4v) is 1.21. The summed E-state index contributed by atoms with van der Waals surface area (Å²) in [6.45, 7) is -0.300. The van der Waals surface area contributed by atoms with Gasteiger partial charge in [-0.3, -0.25) is 0 Å². The van der Waals surface area contributed by atoms with Crippen LogP contribution in [-0.2, 0) is 6.42 Å². The molecule has 70 valence electrons. The zero-order valence-electron chi connectivity index (χ0n) is 6.83. The third-order valence-electron chi connectivity index (χ3n) is 1.48. The van der Waals surface area contributed by atoms with Crippen molar-refractivity contribution in [3.05, 3.63) is 34.3 Å². The largest absolute Gasteiger partial charge is 0.619 e. The monoisotopic (exact) mass is 200 g/mol. The van der Waals surface area contributed by atoms with Crippen molar-refractivity contribution in [2.24, 2.45) is 0 Å². The molecule has 0 fully saturated rings. The van der Waals surface area contributed by atoms with Crippen molar-refractivity contribution in [1.82, 2.24) is 0 Å². The van der Waals surface area contributed by atoms with Crippen LogP contribution in [0.15, 0.2) is 18.5 Å². The molecule has 0 aliphatic heterocycles. The third kappa shape index (κ3) is 3.01. The van der Waals surface area contributed by atoms with Crippen molar-refractivity contribution >= 4 is 17.3 Å². The van der Waals surface area contributed by atoms with Crippen LogP contribution in [0.1, 0.15) is 5.56 Å². The quantitative estimate of drug-likeness (QED) is 0.425. The van der Waals surface area contributed by atoms with Crippen molar-refractivity contribution in [3.8, 4) is 0 Å². The Balaban J connectivity index is 2.83. The highest BCUT2D eigenvalue weighted by molar-refractivity contribution is 6.30. The molecule has 0 bridgehead atoms. The van der Waals surface area contributed by atoms with Crippen LogP contribution in [0.3, 0.4) is 0 Å². The van der Waals surface area contributed by atoms with Crippen molar-refractivity contribution < 1.29 is 9.84 Å². The van der Waals surface area contributed by atoms with Gasteiger partial charge >= 0.3 is 0 Å². The first-order chi connectivity index (χ1) is 6.11. The second-order valence-electron chi connectivity index (χ2n) is 2.66. The molecule has 13 heavy (non-hydrogen) atoms. The molecular weight excluding hydrogens is 192 g/mol. The molecular formula is C8H9ClN2O2. The second kappa shape index (κ2) is 4.20. The first kappa shape index (κ1) is 9.95. The minimum Gasteiger partial charge on any atom is -0.619 e. The summed E-state index contributed by atoms with van der Waals surface area (Å²) in [5.74, 6) is 0. The van der Waals surface area contributed by atoms with E-state index < -0.39 is 0 Å². The first-order valence-electron chi connectivity index (χ1n) is 3.67. The Labute approximate surface area is 80.5 Å². The molecule has 4 nitrogen and oxygen atoms in total. The number of aliphatic hydroxyl groups is 1. The van der Waals surface area contributed by atoms with E-state index in [1.807, 2.05) is 0 Å². The Bertz CT molecular complexity index is 308. The summed E-state index contributed by atoms with van der Waals surface area (Å²) in [4.78, 5) is 0. The van der Waals surface area contributed by atoms with Gasteiger partial charge in [0.1, 0.15) is 5.02 Å². The van der Waals surface area contributed by atoms with Gasteiger partial charge in [-0.25, -0.2) is 0 Å². The Kier molecular flexibility index (Phi) is 3.22. The number of aliphatic hydroxyl groups excluding tert-OH is 1. The predicted octanol–water partition coefficient (Wildman–Crippen LogP) is 0.528. The van der Waals surface area contributed by atoms with Gasteiger partial charge in [0.2, 0.25) is 0 Å². The Morgan fingerprint density at radius 2 is 2.31 bits per heavy atom. The van der Waals surface area contributed by atoms with E-state index in [0.29, 0.717) is 15.3 Å². The van der Waals surface area contributed by atoms with Crippen LogP contribution in [0.5, 0.6) is 0 Å². The highest BCUT2D eigenvalue weighted by Gasteiger charge is 2.04. The van der Waals surface area contributed by atoms with Gasteiger partial charge in [0.25, 0.3) is 0 Å². The van der Waals surface area contributed by atoms with E-state index in [-0.39, 0.29) is 18.7 Å². The second-order valence-corrected chi connectivity index (χ2v) is 3.10. The molecule has 0 amide bonds.